The molecule has 0 saturated heterocycles. The molecule has 2 heterocycles. The highest BCUT2D eigenvalue weighted by Crippen LogP contribution is 2.12. The van der Waals surface area contributed by atoms with Crippen molar-refractivity contribution in [2.24, 2.45) is 0 Å². The van der Waals surface area contributed by atoms with Crippen LogP contribution in [-0.2, 0) is 11.3 Å². The summed E-state index contributed by atoms with van der Waals surface area (Å²) in [6, 6.07) is 11.3. The van der Waals surface area contributed by atoms with Crippen molar-refractivity contribution in [1.29, 1.82) is 0 Å². The Bertz CT molecular complexity index is 760. The van der Waals surface area contributed by atoms with Gasteiger partial charge in [0.15, 0.2) is 5.78 Å². The van der Waals surface area contributed by atoms with Crippen LogP contribution in [0.25, 0.3) is 11.0 Å². The molecule has 0 aliphatic rings. The van der Waals surface area contributed by atoms with Crippen LogP contribution in [0.2, 0.25) is 0 Å². The summed E-state index contributed by atoms with van der Waals surface area (Å²) in [6.45, 7) is 0.334. The van der Waals surface area contributed by atoms with Crippen LogP contribution in [-0.4, -0.2) is 21.7 Å². The number of nitrogens with zero attached hydrogens (tertiary/aromatic N) is 1. The molecule has 5 nitrogen and oxygen atoms in total. The van der Waals surface area contributed by atoms with Crippen molar-refractivity contribution in [2.75, 3.05) is 0 Å². The first kappa shape index (κ1) is 14.5. The molecule has 1 aromatic carbocycles. The average molecular weight is 313 g/mol. The zero-order chi connectivity index (χ0) is 15.4. The van der Waals surface area contributed by atoms with Crippen LogP contribution in [0, 0.1) is 0 Å². The Balaban J connectivity index is 1.49. The third kappa shape index (κ3) is 3.40. The maximum atomic E-state index is 11.8. The van der Waals surface area contributed by atoms with E-state index < -0.39 is 0 Å². The number of benzene rings is 1. The smallest absolute Gasteiger partial charge is 0.220 e. The number of para-hydroxylation sites is 2. The number of fused-ring (bicyclic) bond motifs is 1. The first-order valence-electron chi connectivity index (χ1n) is 6.99. The summed E-state index contributed by atoms with van der Waals surface area (Å²) in [4.78, 5) is 31.8. The van der Waals surface area contributed by atoms with Gasteiger partial charge in [-0.2, -0.15) is 0 Å². The molecule has 0 bridgehead atoms. The second-order valence-corrected chi connectivity index (χ2v) is 5.83. The van der Waals surface area contributed by atoms with Gasteiger partial charge in [-0.15, -0.1) is 11.3 Å². The Kier molecular flexibility index (Phi) is 4.29. The standard InChI is InChI=1S/C16H15N3O2S/c20-13(14-6-3-9-22-14)7-8-16(21)17-10-15-18-11-4-1-2-5-12(11)19-15/h1-6,9H,7-8,10H2,(H,17,21)(H,18,19). The lowest BCUT2D eigenvalue weighted by molar-refractivity contribution is -0.121. The summed E-state index contributed by atoms with van der Waals surface area (Å²) in [5.41, 5.74) is 1.82. The number of aromatic nitrogens is 2. The molecule has 0 spiro atoms. The largest absolute Gasteiger partial charge is 0.349 e. The maximum Gasteiger partial charge on any atom is 0.220 e. The van der Waals surface area contributed by atoms with E-state index in [1.54, 1.807) is 6.07 Å². The fourth-order valence-electron chi connectivity index (χ4n) is 2.15. The molecule has 0 fully saturated rings. The molecule has 0 radical (unpaired) electrons. The summed E-state index contributed by atoms with van der Waals surface area (Å²) in [6.07, 6.45) is 0.420. The van der Waals surface area contributed by atoms with E-state index in [1.807, 2.05) is 35.7 Å². The molecule has 0 unspecified atom stereocenters. The van der Waals surface area contributed by atoms with Crippen molar-refractivity contribution in [2.45, 2.75) is 19.4 Å². The highest BCUT2D eigenvalue weighted by molar-refractivity contribution is 7.12. The van der Waals surface area contributed by atoms with Crippen molar-refractivity contribution in [3.8, 4) is 0 Å². The zero-order valence-electron chi connectivity index (χ0n) is 11.8. The molecular formula is C16H15N3O2S. The molecule has 3 rings (SSSR count). The van der Waals surface area contributed by atoms with Crippen molar-refractivity contribution in [3.63, 3.8) is 0 Å². The van der Waals surface area contributed by atoms with E-state index in [9.17, 15) is 9.59 Å². The molecule has 22 heavy (non-hydrogen) atoms. The number of carbonyl (C=O) groups is 2. The fraction of sp³-hybridized carbons (Fsp3) is 0.188. The van der Waals surface area contributed by atoms with Gasteiger partial charge in [-0.25, -0.2) is 4.98 Å². The molecule has 2 aromatic heterocycles. The molecule has 112 valence electrons. The number of hydrogen-bond donors (Lipinski definition) is 2. The van der Waals surface area contributed by atoms with Gasteiger partial charge >= 0.3 is 0 Å². The molecule has 3 aromatic rings. The number of hydrogen-bond acceptors (Lipinski definition) is 4. The van der Waals surface area contributed by atoms with Crippen molar-refractivity contribution in [3.05, 3.63) is 52.5 Å². The first-order valence-corrected chi connectivity index (χ1v) is 7.87. The van der Waals surface area contributed by atoms with Gasteiger partial charge in [0.05, 0.1) is 22.5 Å². The monoisotopic (exact) mass is 313 g/mol. The van der Waals surface area contributed by atoms with Gasteiger partial charge in [0.1, 0.15) is 5.82 Å². The lowest BCUT2D eigenvalue weighted by Gasteiger charge is -2.02. The predicted molar refractivity (Wildman–Crippen MR) is 85.8 cm³/mol. The van der Waals surface area contributed by atoms with Crippen molar-refractivity contribution >= 4 is 34.1 Å². The zero-order valence-corrected chi connectivity index (χ0v) is 12.7. The minimum atomic E-state index is -0.148. The third-order valence-electron chi connectivity index (χ3n) is 3.27. The number of carbonyl (C=O) groups excluding carboxylic acids is 2. The third-order valence-corrected chi connectivity index (χ3v) is 4.18. The molecule has 1 amide bonds. The van der Waals surface area contributed by atoms with Crippen LogP contribution >= 0.6 is 11.3 Å². The minimum Gasteiger partial charge on any atom is -0.349 e. The van der Waals surface area contributed by atoms with E-state index in [4.69, 9.17) is 0 Å². The SMILES string of the molecule is O=C(CCC(=O)c1cccs1)NCc1nc2ccccc2[nH]1. The number of H-pyrrole nitrogens is 1. The Morgan fingerprint density at radius 1 is 1.14 bits per heavy atom. The number of ketones is 1. The maximum absolute atomic E-state index is 11.8. The fourth-order valence-corrected chi connectivity index (χ4v) is 2.84. The Hall–Kier alpha value is -2.47. The van der Waals surface area contributed by atoms with Crippen LogP contribution in [0.4, 0.5) is 0 Å². The van der Waals surface area contributed by atoms with Gasteiger partial charge in [0, 0.05) is 12.8 Å². The van der Waals surface area contributed by atoms with Gasteiger partial charge in [-0.1, -0.05) is 18.2 Å². The Morgan fingerprint density at radius 3 is 2.77 bits per heavy atom. The molecular weight excluding hydrogens is 298 g/mol. The van der Waals surface area contributed by atoms with Crippen LogP contribution in [0.3, 0.4) is 0 Å². The molecule has 0 aliphatic carbocycles. The molecule has 6 heteroatoms. The Morgan fingerprint density at radius 2 is 2.00 bits per heavy atom. The number of imidazole rings is 1. The topological polar surface area (TPSA) is 74.8 Å². The van der Waals surface area contributed by atoms with E-state index in [1.165, 1.54) is 11.3 Å². The summed E-state index contributed by atoms with van der Waals surface area (Å²) in [5, 5.41) is 4.64. The summed E-state index contributed by atoms with van der Waals surface area (Å²) in [5.74, 6) is 0.568. The highest BCUT2D eigenvalue weighted by atomic mass is 32.1. The summed E-state index contributed by atoms with van der Waals surface area (Å²) >= 11 is 1.40. The van der Waals surface area contributed by atoms with E-state index >= 15 is 0 Å². The quantitative estimate of drug-likeness (QED) is 0.687. The minimum absolute atomic E-state index is 0.00823. The summed E-state index contributed by atoms with van der Waals surface area (Å²) < 4.78 is 0. The number of thiophene rings is 1. The predicted octanol–water partition coefficient (Wildman–Crippen LogP) is 2.90. The van der Waals surface area contributed by atoms with Crippen LogP contribution in [0.1, 0.15) is 28.3 Å². The lowest BCUT2D eigenvalue weighted by Crippen LogP contribution is -2.23. The second kappa shape index (κ2) is 6.53. The van der Waals surface area contributed by atoms with Gasteiger partial charge in [0.25, 0.3) is 0 Å². The lowest BCUT2D eigenvalue weighted by atomic mass is 10.2. The second-order valence-electron chi connectivity index (χ2n) is 4.88. The van der Waals surface area contributed by atoms with Crippen LogP contribution in [0.15, 0.2) is 41.8 Å². The number of Topliss-reactive ketones (excluding diaryl/α,β-unsaturated/α-hetero) is 1. The van der Waals surface area contributed by atoms with Gasteiger partial charge in [-0.05, 0) is 23.6 Å². The molecule has 0 saturated carbocycles. The van der Waals surface area contributed by atoms with Gasteiger partial charge in [-0.3, -0.25) is 9.59 Å². The van der Waals surface area contributed by atoms with Crippen LogP contribution in [0.5, 0.6) is 0 Å². The number of rotatable bonds is 6. The van der Waals surface area contributed by atoms with Crippen molar-refractivity contribution in [1.82, 2.24) is 15.3 Å². The Labute approximate surface area is 131 Å². The van der Waals surface area contributed by atoms with E-state index in [0.717, 1.165) is 11.0 Å². The summed E-state index contributed by atoms with van der Waals surface area (Å²) in [7, 11) is 0. The number of nitrogens with one attached hydrogen (secondary N) is 2. The van der Waals surface area contributed by atoms with E-state index in [0.29, 0.717) is 17.2 Å². The molecule has 0 aliphatic heterocycles. The average Bonchev–Trinajstić information content (AvgIpc) is 3.19. The first-order chi connectivity index (χ1) is 10.7. The normalized spacial score (nSPS) is 10.7. The van der Waals surface area contributed by atoms with Gasteiger partial charge < -0.3 is 10.3 Å². The number of amides is 1. The highest BCUT2D eigenvalue weighted by Gasteiger charge is 2.10. The van der Waals surface area contributed by atoms with E-state index in [-0.39, 0.29) is 24.5 Å². The molecule has 0 atom stereocenters. The number of aromatic amines is 1. The van der Waals surface area contributed by atoms with E-state index in [2.05, 4.69) is 15.3 Å². The van der Waals surface area contributed by atoms with Crippen LogP contribution < -0.4 is 5.32 Å². The van der Waals surface area contributed by atoms with Crippen molar-refractivity contribution < 1.29 is 9.59 Å². The molecule has 2 N–H and O–H groups in total. The van der Waals surface area contributed by atoms with Gasteiger partial charge in [0.2, 0.25) is 5.91 Å².